The molecule has 0 saturated heterocycles. The van der Waals surface area contributed by atoms with Crippen LogP contribution in [0, 0.1) is 5.92 Å². The maximum atomic E-state index is 12.2. The Hall–Kier alpha value is -2.04. The summed E-state index contributed by atoms with van der Waals surface area (Å²) in [5.74, 6) is -1.32. The molecular weight excluding hydrogens is 296 g/mol. The van der Waals surface area contributed by atoms with E-state index in [9.17, 15) is 9.59 Å². The summed E-state index contributed by atoms with van der Waals surface area (Å²) in [4.78, 5) is 24.4. The average molecular weight is 322 g/mol. The number of hydrogen-bond acceptors (Lipinski definition) is 5. The van der Waals surface area contributed by atoms with Crippen LogP contribution in [0.25, 0.3) is 0 Å². The second-order valence-electron chi connectivity index (χ2n) is 5.80. The van der Waals surface area contributed by atoms with E-state index in [0.29, 0.717) is 6.61 Å². The fraction of sp³-hybridized carbons (Fsp3) is 0.556. The fourth-order valence-electron chi connectivity index (χ4n) is 2.02. The van der Waals surface area contributed by atoms with Gasteiger partial charge in [0.2, 0.25) is 0 Å². The maximum absolute atomic E-state index is 12.2. The van der Waals surface area contributed by atoms with Crippen LogP contribution < -0.4 is 4.74 Å². The molecule has 0 saturated carbocycles. The zero-order chi connectivity index (χ0) is 17.4. The van der Waals surface area contributed by atoms with Crippen molar-refractivity contribution in [3.63, 3.8) is 0 Å². The lowest BCUT2D eigenvalue weighted by Gasteiger charge is -2.18. The topological polar surface area (TPSA) is 61.8 Å². The van der Waals surface area contributed by atoms with E-state index in [2.05, 4.69) is 0 Å². The van der Waals surface area contributed by atoms with Gasteiger partial charge in [-0.05, 0) is 58.7 Å². The Kier molecular flexibility index (Phi) is 7.59. The Morgan fingerprint density at radius 3 is 1.78 bits per heavy atom. The molecule has 5 nitrogen and oxygen atoms in total. The van der Waals surface area contributed by atoms with Gasteiger partial charge in [0.05, 0.1) is 18.8 Å². The second kappa shape index (κ2) is 9.18. The quantitative estimate of drug-likeness (QED) is 0.543. The molecule has 0 bridgehead atoms. The highest BCUT2D eigenvalue weighted by Crippen LogP contribution is 2.18. The molecule has 128 valence electrons. The van der Waals surface area contributed by atoms with E-state index in [0.717, 1.165) is 11.3 Å². The number of rotatable bonds is 8. The van der Waals surface area contributed by atoms with Crippen LogP contribution in [0.2, 0.25) is 0 Å². The van der Waals surface area contributed by atoms with Crippen molar-refractivity contribution in [1.29, 1.82) is 0 Å². The minimum Gasteiger partial charge on any atom is -0.494 e. The van der Waals surface area contributed by atoms with Crippen molar-refractivity contribution in [3.8, 4) is 5.75 Å². The van der Waals surface area contributed by atoms with Crippen molar-refractivity contribution in [2.75, 3.05) is 6.61 Å². The van der Waals surface area contributed by atoms with Gasteiger partial charge in [0, 0.05) is 0 Å². The molecule has 0 fully saturated rings. The van der Waals surface area contributed by atoms with Crippen molar-refractivity contribution in [1.82, 2.24) is 0 Å². The molecule has 0 amide bonds. The number of hydrogen-bond donors (Lipinski definition) is 0. The van der Waals surface area contributed by atoms with E-state index >= 15 is 0 Å². The average Bonchev–Trinajstić information content (AvgIpc) is 2.45. The molecule has 1 aromatic carbocycles. The highest BCUT2D eigenvalue weighted by atomic mass is 16.6. The van der Waals surface area contributed by atoms with Gasteiger partial charge in [-0.3, -0.25) is 9.59 Å². The molecule has 0 radical (unpaired) electrons. The second-order valence-corrected chi connectivity index (χ2v) is 5.80. The van der Waals surface area contributed by atoms with E-state index in [1.807, 2.05) is 31.2 Å². The Labute approximate surface area is 137 Å². The highest BCUT2D eigenvalue weighted by molar-refractivity contribution is 5.95. The van der Waals surface area contributed by atoms with Gasteiger partial charge in [0.15, 0.2) is 5.92 Å². The van der Waals surface area contributed by atoms with Gasteiger partial charge in [0.1, 0.15) is 5.75 Å². The van der Waals surface area contributed by atoms with Crippen LogP contribution in [-0.2, 0) is 25.5 Å². The number of esters is 2. The summed E-state index contributed by atoms with van der Waals surface area (Å²) in [5.41, 5.74) is 0.847. The van der Waals surface area contributed by atoms with E-state index in [1.165, 1.54) is 0 Å². The lowest BCUT2D eigenvalue weighted by molar-refractivity contribution is -0.166. The fourth-order valence-corrected chi connectivity index (χ4v) is 2.02. The van der Waals surface area contributed by atoms with Crippen LogP contribution in [-0.4, -0.2) is 30.8 Å². The van der Waals surface area contributed by atoms with Crippen LogP contribution in [0.1, 0.15) is 40.2 Å². The zero-order valence-corrected chi connectivity index (χ0v) is 14.5. The molecule has 1 aromatic rings. The summed E-state index contributed by atoms with van der Waals surface area (Å²) < 4.78 is 15.8. The van der Waals surface area contributed by atoms with Crippen molar-refractivity contribution in [2.24, 2.45) is 5.92 Å². The van der Waals surface area contributed by atoms with E-state index in [4.69, 9.17) is 14.2 Å². The van der Waals surface area contributed by atoms with Crippen molar-refractivity contribution in [2.45, 2.75) is 53.2 Å². The van der Waals surface area contributed by atoms with Gasteiger partial charge in [-0.1, -0.05) is 12.1 Å². The molecule has 5 heteroatoms. The minimum atomic E-state index is -0.960. The first-order valence-corrected chi connectivity index (χ1v) is 7.96. The van der Waals surface area contributed by atoms with Crippen LogP contribution in [0.5, 0.6) is 5.75 Å². The minimum absolute atomic E-state index is 0.240. The van der Waals surface area contributed by atoms with E-state index < -0.39 is 17.9 Å². The Morgan fingerprint density at radius 1 is 0.913 bits per heavy atom. The number of benzene rings is 1. The summed E-state index contributed by atoms with van der Waals surface area (Å²) in [7, 11) is 0. The monoisotopic (exact) mass is 322 g/mol. The highest BCUT2D eigenvalue weighted by Gasteiger charge is 2.31. The first kappa shape index (κ1) is 19.0. The first-order valence-electron chi connectivity index (χ1n) is 7.96. The smallest absolute Gasteiger partial charge is 0.320 e. The molecule has 0 spiro atoms. The molecule has 0 N–H and O–H groups in total. The zero-order valence-electron chi connectivity index (χ0n) is 14.5. The summed E-state index contributed by atoms with van der Waals surface area (Å²) in [6.45, 7) is 9.50. The Bertz CT molecular complexity index is 483. The van der Waals surface area contributed by atoms with Crippen LogP contribution >= 0.6 is 0 Å². The summed E-state index contributed by atoms with van der Waals surface area (Å²) in [5, 5.41) is 0. The Balaban J connectivity index is 2.86. The molecule has 0 aliphatic heterocycles. The van der Waals surface area contributed by atoms with Crippen LogP contribution in [0.15, 0.2) is 24.3 Å². The first-order chi connectivity index (χ1) is 10.8. The molecule has 0 aliphatic rings. The van der Waals surface area contributed by atoms with Crippen molar-refractivity contribution < 1.29 is 23.8 Å². The molecule has 0 aliphatic carbocycles. The van der Waals surface area contributed by atoms with Gasteiger partial charge in [-0.2, -0.15) is 0 Å². The van der Waals surface area contributed by atoms with Crippen molar-refractivity contribution in [3.05, 3.63) is 29.8 Å². The largest absolute Gasteiger partial charge is 0.494 e. The number of ether oxygens (including phenoxy) is 3. The molecule has 0 unspecified atom stereocenters. The summed E-state index contributed by atoms with van der Waals surface area (Å²) >= 11 is 0. The lowest BCUT2D eigenvalue weighted by atomic mass is 9.99. The third-order valence-electron chi connectivity index (χ3n) is 2.95. The van der Waals surface area contributed by atoms with Gasteiger partial charge < -0.3 is 14.2 Å². The third-order valence-corrected chi connectivity index (χ3v) is 2.95. The molecule has 0 heterocycles. The standard InChI is InChI=1S/C18H26O5/c1-6-21-15-9-7-14(8-10-15)11-16(17(19)22-12(2)3)18(20)23-13(4)5/h7-10,12-13,16H,6,11H2,1-5H3. The van der Waals surface area contributed by atoms with Gasteiger partial charge in [-0.25, -0.2) is 0 Å². The van der Waals surface area contributed by atoms with Gasteiger partial charge in [-0.15, -0.1) is 0 Å². The van der Waals surface area contributed by atoms with Crippen LogP contribution in [0.3, 0.4) is 0 Å². The number of carbonyl (C=O) groups is 2. The molecular formula is C18H26O5. The third kappa shape index (κ3) is 6.72. The summed E-state index contributed by atoms with van der Waals surface area (Å²) in [6, 6.07) is 7.31. The van der Waals surface area contributed by atoms with E-state index in [1.54, 1.807) is 27.7 Å². The summed E-state index contributed by atoms with van der Waals surface area (Å²) in [6.07, 6.45) is -0.321. The number of carbonyl (C=O) groups excluding carboxylic acids is 2. The predicted octanol–water partition coefficient (Wildman–Crippen LogP) is 3.15. The Morgan fingerprint density at radius 2 is 1.39 bits per heavy atom. The lowest BCUT2D eigenvalue weighted by Crippen LogP contribution is -2.32. The normalized spacial score (nSPS) is 11.0. The van der Waals surface area contributed by atoms with Crippen LogP contribution in [0.4, 0.5) is 0 Å². The molecule has 23 heavy (non-hydrogen) atoms. The molecule has 0 aromatic heterocycles. The van der Waals surface area contributed by atoms with Gasteiger partial charge >= 0.3 is 11.9 Å². The van der Waals surface area contributed by atoms with Crippen molar-refractivity contribution >= 4 is 11.9 Å². The van der Waals surface area contributed by atoms with E-state index in [-0.39, 0.29) is 18.6 Å². The van der Waals surface area contributed by atoms with Gasteiger partial charge in [0.25, 0.3) is 0 Å². The molecule has 1 rings (SSSR count). The molecule has 0 atom stereocenters. The maximum Gasteiger partial charge on any atom is 0.320 e. The predicted molar refractivity (Wildman–Crippen MR) is 87.3 cm³/mol. The SMILES string of the molecule is CCOc1ccc(CC(C(=O)OC(C)C)C(=O)OC(C)C)cc1.